The number of amides is 2. The number of nitrogens with two attached hydrogens (primary N) is 1. The molecule has 1 saturated carbocycles. The number of fused-ring (bicyclic) bond motifs is 2. The van der Waals surface area contributed by atoms with Gasteiger partial charge in [0.05, 0.1) is 25.2 Å². The van der Waals surface area contributed by atoms with E-state index >= 15 is 0 Å². The number of nitrogens with one attached hydrogen (secondary N) is 1. The van der Waals surface area contributed by atoms with Crippen LogP contribution in [0.15, 0.2) is 24.3 Å². The molecule has 3 fully saturated rings. The summed E-state index contributed by atoms with van der Waals surface area (Å²) in [4.78, 5) is 29.9. The highest BCUT2D eigenvalue weighted by molar-refractivity contribution is 5.90. The van der Waals surface area contributed by atoms with Crippen LogP contribution in [0.3, 0.4) is 0 Å². The number of hydrogen-bond acceptors (Lipinski definition) is 5. The van der Waals surface area contributed by atoms with Crippen molar-refractivity contribution in [1.82, 2.24) is 15.1 Å². The number of piperazine rings is 1. The Bertz CT molecular complexity index is 1010. The summed E-state index contributed by atoms with van der Waals surface area (Å²) in [6.07, 6.45) is -0.330. The molecule has 2 amide bonds. The number of ether oxygens (including phenoxy) is 1. The van der Waals surface area contributed by atoms with Crippen molar-refractivity contribution >= 4 is 36.6 Å². The van der Waals surface area contributed by atoms with Gasteiger partial charge in [0.2, 0.25) is 17.7 Å². The molecule has 5 rings (SSSR count). The van der Waals surface area contributed by atoms with Gasteiger partial charge in [0.25, 0.3) is 5.92 Å². The molecule has 3 aliphatic heterocycles. The Kier molecular flexibility index (Phi) is 9.49. The summed E-state index contributed by atoms with van der Waals surface area (Å²) < 4.78 is 61.3. The van der Waals surface area contributed by atoms with Crippen molar-refractivity contribution in [2.75, 3.05) is 26.2 Å². The van der Waals surface area contributed by atoms with Crippen LogP contribution < -0.4 is 15.8 Å². The molecule has 0 aromatic heterocycles. The smallest absolute Gasteiger partial charge is 0.262 e. The molecule has 13 heteroatoms. The van der Waals surface area contributed by atoms with Crippen LogP contribution in [0.4, 0.5) is 17.6 Å². The third-order valence-electron chi connectivity index (χ3n) is 8.09. The minimum absolute atomic E-state index is 0. The van der Waals surface area contributed by atoms with Crippen LogP contribution in [-0.4, -0.2) is 77.8 Å². The van der Waals surface area contributed by atoms with Crippen molar-refractivity contribution in [3.63, 3.8) is 0 Å². The lowest BCUT2D eigenvalue weighted by Crippen LogP contribution is -2.65. The third-order valence-corrected chi connectivity index (χ3v) is 8.09. The van der Waals surface area contributed by atoms with E-state index in [1.807, 2.05) is 24.3 Å². The zero-order valence-corrected chi connectivity index (χ0v) is 22.4. The number of nitrogens with zero attached hydrogens (tertiary/aromatic N) is 2. The Hall–Kier alpha value is -1.82. The first-order valence-electron chi connectivity index (χ1n) is 12.6. The molecule has 4 aliphatic rings. The lowest BCUT2D eigenvalue weighted by molar-refractivity contribution is -0.148. The van der Waals surface area contributed by atoms with Crippen molar-refractivity contribution in [3.8, 4) is 5.75 Å². The number of rotatable bonds is 4. The summed E-state index contributed by atoms with van der Waals surface area (Å²) in [5.41, 5.74) is 7.08. The maximum atomic E-state index is 14.2. The van der Waals surface area contributed by atoms with Gasteiger partial charge in [-0.15, -0.1) is 24.8 Å². The average Bonchev–Trinajstić information content (AvgIpc) is 3.15. The topological polar surface area (TPSA) is 87.9 Å². The normalized spacial score (nSPS) is 29.0. The van der Waals surface area contributed by atoms with Crippen molar-refractivity contribution in [2.24, 2.45) is 11.7 Å². The van der Waals surface area contributed by atoms with Gasteiger partial charge in [0, 0.05) is 50.4 Å². The molecular weight excluding hydrogens is 551 g/mol. The van der Waals surface area contributed by atoms with Gasteiger partial charge < -0.3 is 20.7 Å². The van der Waals surface area contributed by atoms with E-state index in [2.05, 4.69) is 5.32 Å². The summed E-state index contributed by atoms with van der Waals surface area (Å²) in [6, 6.07) is 4.35. The lowest BCUT2D eigenvalue weighted by atomic mass is 9.81. The van der Waals surface area contributed by atoms with E-state index in [1.54, 1.807) is 4.90 Å². The van der Waals surface area contributed by atoms with E-state index in [0.29, 0.717) is 18.8 Å². The second kappa shape index (κ2) is 11.7. The second-order valence-electron chi connectivity index (χ2n) is 10.6. The lowest BCUT2D eigenvalue weighted by Gasteiger charge is -2.44. The summed E-state index contributed by atoms with van der Waals surface area (Å²) in [6.45, 7) is -0.133. The van der Waals surface area contributed by atoms with Gasteiger partial charge in [-0.1, -0.05) is 18.2 Å². The summed E-state index contributed by atoms with van der Waals surface area (Å²) >= 11 is 0. The molecule has 3 heterocycles. The summed E-state index contributed by atoms with van der Waals surface area (Å²) in [5.74, 6) is -6.41. The van der Waals surface area contributed by atoms with Crippen LogP contribution in [0.5, 0.6) is 5.75 Å². The molecule has 1 aliphatic carbocycles. The zero-order chi connectivity index (χ0) is 25.7. The van der Waals surface area contributed by atoms with Crippen molar-refractivity contribution in [2.45, 2.75) is 74.5 Å². The van der Waals surface area contributed by atoms with Crippen molar-refractivity contribution in [1.29, 1.82) is 0 Å². The largest absolute Gasteiger partial charge is 0.493 e. The van der Waals surface area contributed by atoms with Gasteiger partial charge >= 0.3 is 0 Å². The molecule has 2 saturated heterocycles. The van der Waals surface area contributed by atoms with E-state index in [9.17, 15) is 27.2 Å². The predicted molar refractivity (Wildman–Crippen MR) is 137 cm³/mol. The number of hydrogen-bond donors (Lipinski definition) is 2. The molecule has 0 bridgehead atoms. The Morgan fingerprint density at radius 1 is 1.03 bits per heavy atom. The molecule has 0 unspecified atom stereocenters. The van der Waals surface area contributed by atoms with Crippen LogP contribution in [0, 0.1) is 5.92 Å². The van der Waals surface area contributed by atoms with E-state index in [0.717, 1.165) is 5.56 Å². The predicted octanol–water partition coefficient (Wildman–Crippen LogP) is 3.54. The minimum Gasteiger partial charge on any atom is -0.493 e. The molecule has 214 valence electrons. The number of benzene rings is 1. The first kappa shape index (κ1) is 30.7. The molecule has 38 heavy (non-hydrogen) atoms. The third kappa shape index (κ3) is 6.32. The molecule has 1 aromatic rings. The summed E-state index contributed by atoms with van der Waals surface area (Å²) in [7, 11) is 0. The minimum atomic E-state index is -2.90. The fourth-order valence-electron chi connectivity index (χ4n) is 6.08. The molecule has 1 aromatic carbocycles. The van der Waals surface area contributed by atoms with Crippen LogP contribution in [0.25, 0.3) is 0 Å². The van der Waals surface area contributed by atoms with Crippen LogP contribution in [-0.2, 0) is 9.59 Å². The number of carbonyl (C=O) groups excluding carboxylic acids is 2. The standard InChI is InChI=1S/C25H32F4N4O3.2ClH/c26-24(27)8-5-15(6-9-24)21(30)23(35)33-12-16-11-25(28,29)14-32(16)13-19(33)22(34)31-18-7-10-36-20-4-2-1-3-17(18)20;;/h1-4,15-16,18-19,21H,5-14,30H2,(H,31,34);2*1H/t16-,18-,19+,21+;;/m1../s1. The first-order chi connectivity index (χ1) is 17.0. The average molecular weight is 585 g/mol. The molecule has 0 radical (unpaired) electrons. The Balaban J connectivity index is 0.00000200. The Labute approximate surface area is 231 Å². The fourth-order valence-corrected chi connectivity index (χ4v) is 6.08. The van der Waals surface area contributed by atoms with Gasteiger partial charge in [0.15, 0.2) is 0 Å². The van der Waals surface area contributed by atoms with E-state index < -0.39 is 60.7 Å². The molecular formula is C25H34Cl2F4N4O3. The molecule has 7 nitrogen and oxygen atoms in total. The van der Waals surface area contributed by atoms with Gasteiger partial charge in [-0.2, -0.15) is 0 Å². The highest BCUT2D eigenvalue weighted by Crippen LogP contribution is 2.39. The SMILES string of the molecule is Cl.Cl.N[C@H](C(=O)N1C[C@H]2CC(F)(F)CN2C[C@H]1C(=O)N[C@@H]1CCOc2ccccc21)C1CCC(F)(F)CC1. The highest BCUT2D eigenvalue weighted by Gasteiger charge is 2.52. The van der Waals surface area contributed by atoms with E-state index in [1.165, 1.54) is 4.90 Å². The summed E-state index contributed by atoms with van der Waals surface area (Å²) in [5, 5.41) is 2.99. The van der Waals surface area contributed by atoms with Crippen molar-refractivity contribution in [3.05, 3.63) is 29.8 Å². The van der Waals surface area contributed by atoms with Gasteiger partial charge in [-0.25, -0.2) is 17.6 Å². The van der Waals surface area contributed by atoms with Gasteiger partial charge in [0.1, 0.15) is 11.8 Å². The highest BCUT2D eigenvalue weighted by atomic mass is 35.5. The molecule has 3 N–H and O–H groups in total. The maximum Gasteiger partial charge on any atom is 0.262 e. The molecule has 0 spiro atoms. The Morgan fingerprint density at radius 2 is 1.71 bits per heavy atom. The maximum absolute atomic E-state index is 14.2. The first-order valence-corrected chi connectivity index (χ1v) is 12.6. The fraction of sp³-hybridized carbons (Fsp3) is 0.680. The van der Waals surface area contributed by atoms with E-state index in [-0.39, 0.29) is 69.6 Å². The van der Waals surface area contributed by atoms with Crippen LogP contribution >= 0.6 is 24.8 Å². The monoisotopic (exact) mass is 584 g/mol. The van der Waals surface area contributed by atoms with E-state index in [4.69, 9.17) is 10.5 Å². The van der Waals surface area contributed by atoms with Crippen molar-refractivity contribution < 1.29 is 31.9 Å². The zero-order valence-electron chi connectivity index (χ0n) is 20.8. The number of carbonyl (C=O) groups is 2. The number of alkyl halides is 4. The number of para-hydroxylation sites is 1. The molecule has 4 atom stereocenters. The number of halogens is 6. The van der Waals surface area contributed by atoms with Crippen LogP contribution in [0.1, 0.15) is 50.1 Å². The second-order valence-corrected chi connectivity index (χ2v) is 10.6. The van der Waals surface area contributed by atoms with Crippen LogP contribution in [0.2, 0.25) is 0 Å². The quantitative estimate of drug-likeness (QED) is 0.529. The van der Waals surface area contributed by atoms with Gasteiger partial charge in [-0.05, 0) is 24.8 Å². The Morgan fingerprint density at radius 3 is 2.42 bits per heavy atom. The van der Waals surface area contributed by atoms with Gasteiger partial charge in [-0.3, -0.25) is 14.5 Å².